The van der Waals surface area contributed by atoms with E-state index in [9.17, 15) is 13.6 Å². The number of carboxylic acids is 1. The lowest BCUT2D eigenvalue weighted by Gasteiger charge is -2.15. The number of halogens is 4. The zero-order valence-corrected chi connectivity index (χ0v) is 19.5. The second kappa shape index (κ2) is 12.3. The number of carboxylic acid groups (broad SMARTS) is 1. The van der Waals surface area contributed by atoms with E-state index < -0.39 is 35.5 Å². The highest BCUT2D eigenvalue weighted by Gasteiger charge is 2.22. The molecule has 178 valence electrons. The molecule has 0 aliphatic carbocycles. The molecule has 0 aliphatic heterocycles. The van der Waals surface area contributed by atoms with E-state index in [-0.39, 0.29) is 37.0 Å². The lowest BCUT2D eigenvalue weighted by atomic mass is 10.0. The summed E-state index contributed by atoms with van der Waals surface area (Å²) in [5.74, 6) is -4.33. The molecular formula is C23H24Cl2F2N2O4. The van der Waals surface area contributed by atoms with E-state index in [1.165, 1.54) is 0 Å². The van der Waals surface area contributed by atoms with E-state index >= 15 is 0 Å². The van der Waals surface area contributed by atoms with Crippen molar-refractivity contribution in [3.05, 3.63) is 71.3 Å². The summed E-state index contributed by atoms with van der Waals surface area (Å²) in [7, 11) is 0. The number of carbonyl (C=O) groups is 1. The van der Waals surface area contributed by atoms with Gasteiger partial charge in [0.05, 0.1) is 0 Å². The van der Waals surface area contributed by atoms with Gasteiger partial charge in [0.2, 0.25) is 0 Å². The Morgan fingerprint density at radius 2 is 1.76 bits per heavy atom. The zero-order valence-electron chi connectivity index (χ0n) is 17.9. The van der Waals surface area contributed by atoms with Gasteiger partial charge < -0.3 is 20.3 Å². The summed E-state index contributed by atoms with van der Waals surface area (Å²) in [6.07, 6.45) is -1.24. The molecule has 3 rings (SSSR count). The van der Waals surface area contributed by atoms with Crippen LogP contribution < -0.4 is 15.2 Å². The van der Waals surface area contributed by atoms with Crippen molar-refractivity contribution in [3.63, 3.8) is 0 Å². The second-order valence-corrected chi connectivity index (χ2v) is 6.96. The highest BCUT2D eigenvalue weighted by molar-refractivity contribution is 5.85. The highest BCUT2D eigenvalue weighted by Crippen LogP contribution is 2.32. The number of hydrogen-bond donors (Lipinski definition) is 2. The number of nitrogens with zero attached hydrogens (tertiary/aromatic N) is 1. The first-order valence-corrected chi connectivity index (χ1v) is 9.65. The summed E-state index contributed by atoms with van der Waals surface area (Å²) in [5.41, 5.74) is 9.24. The molecule has 0 aliphatic rings. The fourth-order valence-electron chi connectivity index (χ4n) is 2.99. The Labute approximate surface area is 202 Å². The topological polar surface area (TPSA) is 94.7 Å². The van der Waals surface area contributed by atoms with E-state index in [4.69, 9.17) is 20.3 Å². The van der Waals surface area contributed by atoms with Crippen LogP contribution in [0.3, 0.4) is 0 Å². The fourth-order valence-corrected chi connectivity index (χ4v) is 2.99. The van der Waals surface area contributed by atoms with Gasteiger partial charge >= 0.3 is 5.97 Å². The van der Waals surface area contributed by atoms with E-state index in [1.54, 1.807) is 19.1 Å². The van der Waals surface area contributed by atoms with E-state index in [2.05, 4.69) is 4.98 Å². The number of aliphatic carboxylic acids is 1. The van der Waals surface area contributed by atoms with Crippen LogP contribution in [0, 0.1) is 18.6 Å². The minimum Gasteiger partial charge on any atom is -0.479 e. The van der Waals surface area contributed by atoms with Crippen molar-refractivity contribution in [1.82, 2.24) is 4.98 Å². The average Bonchev–Trinajstić information content (AvgIpc) is 2.74. The average molecular weight is 501 g/mol. The number of aryl methyl sites for hydroxylation is 1. The molecule has 0 saturated heterocycles. The van der Waals surface area contributed by atoms with Crippen LogP contribution >= 0.6 is 24.8 Å². The number of pyridine rings is 1. The van der Waals surface area contributed by atoms with Crippen molar-refractivity contribution in [1.29, 1.82) is 0 Å². The summed E-state index contributed by atoms with van der Waals surface area (Å²) < 4.78 is 39.0. The standard InChI is InChI=1S/C23H22F2N2O4.2ClH/c1-3-20(23(28)29)31-22-19(25)11-18(24)21(27-22)30-17-8-13(2)7-16(10-17)15-6-4-5-14(9-15)12-26;;/h4-11,20H,3,12,26H2,1-2H3,(H,28,29);2*1H/t20-;;/m1../s1. The molecule has 1 aromatic heterocycles. The Morgan fingerprint density at radius 3 is 2.39 bits per heavy atom. The zero-order chi connectivity index (χ0) is 22.5. The third-order valence-electron chi connectivity index (χ3n) is 4.53. The van der Waals surface area contributed by atoms with Gasteiger partial charge in [-0.2, -0.15) is 4.98 Å². The third-order valence-corrected chi connectivity index (χ3v) is 4.53. The molecule has 0 saturated carbocycles. The summed E-state index contributed by atoms with van der Waals surface area (Å²) in [4.78, 5) is 14.9. The number of rotatable bonds is 8. The summed E-state index contributed by atoms with van der Waals surface area (Å²) >= 11 is 0. The quantitative estimate of drug-likeness (QED) is 0.413. The summed E-state index contributed by atoms with van der Waals surface area (Å²) in [5, 5.41) is 9.10. The highest BCUT2D eigenvalue weighted by atomic mass is 35.5. The van der Waals surface area contributed by atoms with Crippen LogP contribution in [0.1, 0.15) is 24.5 Å². The number of benzene rings is 2. The Balaban J connectivity index is 0.00000272. The van der Waals surface area contributed by atoms with Crippen LogP contribution in [0.4, 0.5) is 8.78 Å². The molecule has 0 bridgehead atoms. The number of nitrogens with two attached hydrogens (primary N) is 1. The van der Waals surface area contributed by atoms with Gasteiger partial charge in [-0.25, -0.2) is 13.6 Å². The second-order valence-electron chi connectivity index (χ2n) is 6.96. The van der Waals surface area contributed by atoms with Gasteiger partial charge in [0.25, 0.3) is 11.8 Å². The molecular weight excluding hydrogens is 477 g/mol. The Hall–Kier alpha value is -2.94. The van der Waals surface area contributed by atoms with Gasteiger partial charge in [0, 0.05) is 12.6 Å². The van der Waals surface area contributed by atoms with Crippen molar-refractivity contribution in [2.45, 2.75) is 32.9 Å². The molecule has 1 atom stereocenters. The minimum absolute atomic E-state index is 0. The van der Waals surface area contributed by atoms with Crippen LogP contribution in [0.25, 0.3) is 11.1 Å². The van der Waals surface area contributed by atoms with Crippen LogP contribution in [0.2, 0.25) is 0 Å². The predicted molar refractivity (Wildman–Crippen MR) is 126 cm³/mol. The smallest absolute Gasteiger partial charge is 0.344 e. The first-order chi connectivity index (χ1) is 14.8. The molecule has 3 aromatic rings. The maximum Gasteiger partial charge on any atom is 0.344 e. The van der Waals surface area contributed by atoms with Crippen molar-refractivity contribution in [2.75, 3.05) is 0 Å². The van der Waals surface area contributed by atoms with E-state index in [0.29, 0.717) is 12.6 Å². The normalized spacial score (nSPS) is 11.1. The Kier molecular flexibility index (Phi) is 10.5. The number of aromatic nitrogens is 1. The van der Waals surface area contributed by atoms with Crippen molar-refractivity contribution in [3.8, 4) is 28.6 Å². The van der Waals surface area contributed by atoms with Gasteiger partial charge in [-0.05, 0) is 53.8 Å². The van der Waals surface area contributed by atoms with Gasteiger partial charge in [0.15, 0.2) is 17.7 Å². The molecule has 0 fully saturated rings. The molecule has 0 amide bonds. The maximum absolute atomic E-state index is 14.3. The van der Waals surface area contributed by atoms with Gasteiger partial charge in [0.1, 0.15) is 5.75 Å². The first kappa shape index (κ1) is 28.1. The van der Waals surface area contributed by atoms with Crippen LogP contribution in [0.15, 0.2) is 48.5 Å². The monoisotopic (exact) mass is 500 g/mol. The molecule has 3 N–H and O–H groups in total. The van der Waals surface area contributed by atoms with E-state index in [0.717, 1.165) is 22.3 Å². The predicted octanol–water partition coefficient (Wildman–Crippen LogP) is 5.67. The van der Waals surface area contributed by atoms with Crippen molar-refractivity contribution < 1.29 is 28.2 Å². The lowest BCUT2D eigenvalue weighted by Crippen LogP contribution is -2.26. The Morgan fingerprint density at radius 1 is 1.06 bits per heavy atom. The summed E-state index contributed by atoms with van der Waals surface area (Å²) in [6.45, 7) is 3.81. The molecule has 10 heteroatoms. The number of ether oxygens (including phenoxy) is 2. The van der Waals surface area contributed by atoms with Gasteiger partial charge in [-0.15, -0.1) is 24.8 Å². The fraction of sp³-hybridized carbons (Fsp3) is 0.217. The van der Waals surface area contributed by atoms with Crippen LogP contribution in [-0.2, 0) is 11.3 Å². The van der Waals surface area contributed by atoms with E-state index in [1.807, 2.05) is 37.3 Å². The Bertz CT molecular complexity index is 1120. The molecule has 6 nitrogen and oxygen atoms in total. The van der Waals surface area contributed by atoms with Gasteiger partial charge in [-0.3, -0.25) is 0 Å². The molecule has 0 radical (unpaired) electrons. The molecule has 1 heterocycles. The molecule has 2 aromatic carbocycles. The van der Waals surface area contributed by atoms with Crippen molar-refractivity contribution in [2.24, 2.45) is 5.73 Å². The number of hydrogen-bond acceptors (Lipinski definition) is 5. The SMILES string of the molecule is CC[C@@H](Oc1nc(Oc2cc(C)cc(-c3cccc(CN)c3)c2)c(F)cc1F)C(=O)O.Cl.Cl. The molecule has 0 unspecified atom stereocenters. The van der Waals surface area contributed by atoms with Gasteiger partial charge in [-0.1, -0.05) is 31.2 Å². The molecule has 0 spiro atoms. The largest absolute Gasteiger partial charge is 0.479 e. The minimum atomic E-state index is -1.32. The van der Waals surface area contributed by atoms with Crippen LogP contribution in [-0.4, -0.2) is 22.2 Å². The van der Waals surface area contributed by atoms with Crippen LogP contribution in [0.5, 0.6) is 17.5 Å². The third kappa shape index (κ3) is 7.02. The lowest BCUT2D eigenvalue weighted by molar-refractivity contribution is -0.145. The maximum atomic E-state index is 14.3. The first-order valence-electron chi connectivity index (χ1n) is 9.65. The van der Waals surface area contributed by atoms with Crippen molar-refractivity contribution >= 4 is 30.8 Å². The molecule has 33 heavy (non-hydrogen) atoms. The summed E-state index contributed by atoms with van der Waals surface area (Å²) in [6, 6.07) is 13.5.